The van der Waals surface area contributed by atoms with E-state index in [0.29, 0.717) is 6.04 Å². The molecule has 1 aromatic heterocycles. The molecule has 1 aromatic rings. The minimum Gasteiger partial charge on any atom is -0.495 e. The maximum atomic E-state index is 5.14. The van der Waals surface area contributed by atoms with Crippen LogP contribution in [0, 0.1) is 0 Å². The van der Waals surface area contributed by atoms with Gasteiger partial charge in [0.05, 0.1) is 13.3 Å². The predicted molar refractivity (Wildman–Crippen MR) is 74.3 cm³/mol. The maximum Gasteiger partial charge on any atom is 0.137 e. The third kappa shape index (κ3) is 3.35. The molecule has 4 nitrogen and oxygen atoms in total. The first-order valence-electron chi connectivity index (χ1n) is 6.82. The molecule has 1 saturated heterocycles. The van der Waals surface area contributed by atoms with Crippen LogP contribution >= 0.6 is 0 Å². The van der Waals surface area contributed by atoms with Gasteiger partial charge in [0.15, 0.2) is 0 Å². The van der Waals surface area contributed by atoms with Crippen molar-refractivity contribution in [3.63, 3.8) is 0 Å². The number of aromatic nitrogens is 1. The molecule has 0 spiro atoms. The number of piperidine rings is 1. The second-order valence-corrected chi connectivity index (χ2v) is 4.74. The normalized spacial score (nSPS) is 19.6. The Hall–Kier alpha value is -1.29. The molecule has 2 heterocycles. The first-order valence-corrected chi connectivity index (χ1v) is 6.82. The van der Waals surface area contributed by atoms with Crippen molar-refractivity contribution in [2.24, 2.45) is 0 Å². The number of hydrogen-bond donors (Lipinski definition) is 1. The van der Waals surface area contributed by atoms with E-state index in [-0.39, 0.29) is 0 Å². The molecule has 0 aromatic carbocycles. The van der Waals surface area contributed by atoms with Gasteiger partial charge in [-0.3, -0.25) is 0 Å². The lowest BCUT2D eigenvalue weighted by Gasteiger charge is -2.30. The van der Waals surface area contributed by atoms with Crippen LogP contribution in [0.15, 0.2) is 18.3 Å². The number of methoxy groups -OCH3 is 1. The smallest absolute Gasteiger partial charge is 0.137 e. The van der Waals surface area contributed by atoms with E-state index in [1.54, 1.807) is 13.3 Å². The Morgan fingerprint density at radius 3 is 2.89 bits per heavy atom. The summed E-state index contributed by atoms with van der Waals surface area (Å²) in [5.41, 5.74) is 0. The summed E-state index contributed by atoms with van der Waals surface area (Å²) in [6.07, 6.45) is 5.70. The molecule has 1 fully saturated rings. The van der Waals surface area contributed by atoms with Crippen LogP contribution in [0.2, 0.25) is 0 Å². The fourth-order valence-corrected chi connectivity index (χ4v) is 2.41. The van der Waals surface area contributed by atoms with Crippen LogP contribution in [0.1, 0.15) is 26.2 Å². The van der Waals surface area contributed by atoms with Crippen LogP contribution in [0.25, 0.3) is 0 Å². The summed E-state index contributed by atoms with van der Waals surface area (Å²) in [5, 5.41) is 3.58. The van der Waals surface area contributed by atoms with E-state index in [1.807, 2.05) is 12.1 Å². The average molecular weight is 249 g/mol. The van der Waals surface area contributed by atoms with Gasteiger partial charge in [0, 0.05) is 19.1 Å². The van der Waals surface area contributed by atoms with Gasteiger partial charge in [0.25, 0.3) is 0 Å². The van der Waals surface area contributed by atoms with Gasteiger partial charge in [-0.2, -0.15) is 0 Å². The fourth-order valence-electron chi connectivity index (χ4n) is 2.41. The van der Waals surface area contributed by atoms with Gasteiger partial charge >= 0.3 is 0 Å². The topological polar surface area (TPSA) is 37.4 Å². The van der Waals surface area contributed by atoms with Gasteiger partial charge in [-0.1, -0.05) is 6.42 Å². The molecule has 100 valence electrons. The van der Waals surface area contributed by atoms with Gasteiger partial charge in [-0.15, -0.1) is 0 Å². The summed E-state index contributed by atoms with van der Waals surface area (Å²) in [7, 11) is 1.67. The Morgan fingerprint density at radius 1 is 1.44 bits per heavy atom. The van der Waals surface area contributed by atoms with Gasteiger partial charge in [-0.25, -0.2) is 4.98 Å². The van der Waals surface area contributed by atoms with Crippen LogP contribution in [-0.4, -0.2) is 37.8 Å². The third-order valence-corrected chi connectivity index (χ3v) is 3.52. The highest BCUT2D eigenvalue weighted by Gasteiger charge is 2.16. The van der Waals surface area contributed by atoms with Crippen LogP contribution in [0.5, 0.6) is 5.75 Å². The largest absolute Gasteiger partial charge is 0.495 e. The van der Waals surface area contributed by atoms with Crippen LogP contribution in [0.4, 0.5) is 5.82 Å². The zero-order valence-corrected chi connectivity index (χ0v) is 11.4. The molecule has 18 heavy (non-hydrogen) atoms. The summed E-state index contributed by atoms with van der Waals surface area (Å²) in [4.78, 5) is 6.78. The second-order valence-electron chi connectivity index (χ2n) is 4.74. The molecule has 1 aliphatic heterocycles. The minimum absolute atomic E-state index is 0.600. The molecule has 1 aliphatic rings. The van der Waals surface area contributed by atoms with E-state index < -0.39 is 0 Å². The van der Waals surface area contributed by atoms with Gasteiger partial charge in [0.1, 0.15) is 11.6 Å². The zero-order valence-electron chi connectivity index (χ0n) is 11.4. The zero-order chi connectivity index (χ0) is 12.8. The van der Waals surface area contributed by atoms with E-state index in [0.717, 1.165) is 31.2 Å². The predicted octanol–water partition coefficient (Wildman–Crippen LogP) is 2.06. The fraction of sp³-hybridized carbons (Fsp3) is 0.643. The van der Waals surface area contributed by atoms with Crippen molar-refractivity contribution in [3.8, 4) is 5.75 Å². The summed E-state index contributed by atoms with van der Waals surface area (Å²) in [5.74, 6) is 1.84. The quantitative estimate of drug-likeness (QED) is 0.866. The molecule has 1 atom stereocenters. The molecule has 4 heteroatoms. The number of nitrogens with one attached hydrogen (secondary N) is 1. The van der Waals surface area contributed by atoms with Gasteiger partial charge in [-0.05, 0) is 38.4 Å². The number of anilines is 1. The Morgan fingerprint density at radius 2 is 2.33 bits per heavy atom. The van der Waals surface area contributed by atoms with Gasteiger partial charge in [0.2, 0.25) is 0 Å². The highest BCUT2D eigenvalue weighted by molar-refractivity contribution is 5.40. The first kappa shape index (κ1) is 13.1. The molecule has 0 aliphatic carbocycles. The second kappa shape index (κ2) is 6.59. The average Bonchev–Trinajstić information content (AvgIpc) is 2.46. The third-order valence-electron chi connectivity index (χ3n) is 3.52. The van der Waals surface area contributed by atoms with E-state index in [2.05, 4.69) is 22.1 Å². The van der Waals surface area contributed by atoms with Crippen molar-refractivity contribution in [3.05, 3.63) is 18.3 Å². The molecule has 0 saturated carbocycles. The highest BCUT2D eigenvalue weighted by Crippen LogP contribution is 2.17. The maximum absolute atomic E-state index is 5.14. The molecule has 1 unspecified atom stereocenters. The number of nitrogens with zero attached hydrogens (tertiary/aromatic N) is 2. The molecule has 2 rings (SSSR count). The lowest BCUT2D eigenvalue weighted by atomic mass is 10.0. The lowest BCUT2D eigenvalue weighted by molar-refractivity contribution is 0.399. The molecular weight excluding hydrogens is 226 g/mol. The van der Waals surface area contributed by atoms with E-state index in [4.69, 9.17) is 4.74 Å². The van der Waals surface area contributed by atoms with Crippen molar-refractivity contribution in [2.45, 2.75) is 32.2 Å². The Kier molecular flexibility index (Phi) is 4.81. The number of ether oxygens (including phenoxy) is 1. The Balaban J connectivity index is 1.97. The standard InChI is InChI=1S/C14H23N3O/c1-3-17(11-12-6-4-5-9-15-12)14-8-7-13(18-2)10-16-14/h7-8,10,12,15H,3-6,9,11H2,1-2H3. The monoisotopic (exact) mass is 249 g/mol. The minimum atomic E-state index is 0.600. The van der Waals surface area contributed by atoms with Crippen LogP contribution in [0.3, 0.4) is 0 Å². The molecule has 0 amide bonds. The van der Waals surface area contributed by atoms with Gasteiger partial charge < -0.3 is 15.0 Å². The number of pyridine rings is 1. The van der Waals surface area contributed by atoms with E-state index in [9.17, 15) is 0 Å². The SMILES string of the molecule is CCN(CC1CCCCN1)c1ccc(OC)cn1. The van der Waals surface area contributed by atoms with E-state index >= 15 is 0 Å². The van der Waals surface area contributed by atoms with Crippen LogP contribution in [-0.2, 0) is 0 Å². The van der Waals surface area contributed by atoms with E-state index in [1.165, 1.54) is 19.3 Å². The first-order chi connectivity index (χ1) is 8.83. The Bertz CT molecular complexity index is 347. The summed E-state index contributed by atoms with van der Waals surface area (Å²) < 4.78 is 5.14. The summed E-state index contributed by atoms with van der Waals surface area (Å²) in [6, 6.07) is 4.60. The lowest BCUT2D eigenvalue weighted by Crippen LogP contribution is -2.44. The molecule has 0 bridgehead atoms. The van der Waals surface area contributed by atoms with Crippen molar-refractivity contribution in [2.75, 3.05) is 31.6 Å². The van der Waals surface area contributed by atoms with Crippen LogP contribution < -0.4 is 15.0 Å². The number of rotatable bonds is 5. The van der Waals surface area contributed by atoms with Crippen molar-refractivity contribution in [1.82, 2.24) is 10.3 Å². The molecule has 0 radical (unpaired) electrons. The number of likely N-dealkylation sites (N-methyl/N-ethyl adjacent to an activating group) is 1. The van der Waals surface area contributed by atoms with Crippen molar-refractivity contribution >= 4 is 5.82 Å². The summed E-state index contributed by atoms with van der Waals surface area (Å²) >= 11 is 0. The Labute approximate surface area is 109 Å². The van der Waals surface area contributed by atoms with Crippen molar-refractivity contribution < 1.29 is 4.74 Å². The van der Waals surface area contributed by atoms with Crippen molar-refractivity contribution in [1.29, 1.82) is 0 Å². The molecule has 1 N–H and O–H groups in total. The number of hydrogen-bond acceptors (Lipinski definition) is 4. The highest BCUT2D eigenvalue weighted by atomic mass is 16.5. The molecular formula is C14H23N3O. The summed E-state index contributed by atoms with van der Waals surface area (Å²) in [6.45, 7) is 5.35.